The Balaban J connectivity index is 1.78. The largest absolute Gasteiger partial charge is 0.492 e. The van der Waals surface area contributed by atoms with Crippen LogP contribution in [-0.4, -0.2) is 6.61 Å². The molecular weight excluding hydrogens is 394 g/mol. The zero-order chi connectivity index (χ0) is 18.4. The lowest BCUT2D eigenvalue weighted by Gasteiger charge is -2.11. The van der Waals surface area contributed by atoms with E-state index in [1.54, 1.807) is 0 Å². The Bertz CT molecular complexity index is 1050. The molecule has 4 nitrogen and oxygen atoms in total. The number of nitrogens with zero attached hydrogens (tertiary/aromatic N) is 1. The average Bonchev–Trinajstić information content (AvgIpc) is 3.05. The summed E-state index contributed by atoms with van der Waals surface area (Å²) in [6, 6.07) is 6.45. The number of hydrogen-bond donors (Lipinski definition) is 0. The third kappa shape index (κ3) is 2.75. The second-order valence-corrected chi connectivity index (χ2v) is 7.68. The number of ether oxygens (including phenoxy) is 1. The third-order valence-corrected chi connectivity index (χ3v) is 6.18. The van der Waals surface area contributed by atoms with Gasteiger partial charge in [0.25, 0.3) is 0 Å². The van der Waals surface area contributed by atoms with Crippen molar-refractivity contribution in [3.63, 3.8) is 0 Å². The molecule has 5 heteroatoms. The van der Waals surface area contributed by atoms with Crippen molar-refractivity contribution < 1.29 is 13.7 Å². The predicted molar refractivity (Wildman–Crippen MR) is 104 cm³/mol. The van der Waals surface area contributed by atoms with Crippen LogP contribution in [0.2, 0.25) is 0 Å². The molecule has 1 aliphatic heterocycles. The summed E-state index contributed by atoms with van der Waals surface area (Å²) < 4.78 is 14.2. The van der Waals surface area contributed by atoms with Gasteiger partial charge in [0.15, 0.2) is 18.9 Å². The van der Waals surface area contributed by atoms with E-state index in [2.05, 4.69) is 58.0 Å². The molecule has 3 aromatic rings. The van der Waals surface area contributed by atoms with Gasteiger partial charge < -0.3 is 9.15 Å². The summed E-state index contributed by atoms with van der Waals surface area (Å²) in [7, 11) is 0. The second kappa shape index (κ2) is 6.54. The molecular formula is C21H21BrNO3+. The van der Waals surface area contributed by atoms with Crippen molar-refractivity contribution in [3.05, 3.63) is 67.7 Å². The quantitative estimate of drug-likeness (QED) is 0.476. The van der Waals surface area contributed by atoms with Crippen LogP contribution in [0.25, 0.3) is 11.0 Å². The molecule has 0 N–H and O–H groups in total. The number of pyridine rings is 1. The van der Waals surface area contributed by atoms with E-state index >= 15 is 0 Å². The fourth-order valence-corrected chi connectivity index (χ4v) is 3.94. The van der Waals surface area contributed by atoms with Crippen LogP contribution in [0, 0.1) is 13.8 Å². The molecule has 0 aliphatic carbocycles. The first-order valence-corrected chi connectivity index (χ1v) is 9.66. The summed E-state index contributed by atoms with van der Waals surface area (Å²) in [6.45, 7) is 7.56. The van der Waals surface area contributed by atoms with Gasteiger partial charge >= 0.3 is 5.63 Å². The van der Waals surface area contributed by atoms with Crippen LogP contribution in [0.5, 0.6) is 5.75 Å². The Labute approximate surface area is 160 Å². The van der Waals surface area contributed by atoms with E-state index in [-0.39, 0.29) is 11.5 Å². The SMILES string of the molecule is CCc1cc[n+](CC2COc3c2cc2c(C)c(Br)c(=O)oc2c3C)cc1. The lowest BCUT2D eigenvalue weighted by molar-refractivity contribution is -0.699. The molecule has 1 unspecified atom stereocenters. The minimum Gasteiger partial charge on any atom is -0.492 e. The maximum Gasteiger partial charge on any atom is 0.350 e. The maximum absolute atomic E-state index is 12.0. The van der Waals surface area contributed by atoms with E-state index in [0.29, 0.717) is 16.7 Å². The third-order valence-electron chi connectivity index (χ3n) is 5.26. The first-order valence-electron chi connectivity index (χ1n) is 8.86. The highest BCUT2D eigenvalue weighted by Gasteiger charge is 2.31. The monoisotopic (exact) mass is 414 g/mol. The van der Waals surface area contributed by atoms with Gasteiger partial charge in [-0.1, -0.05) is 6.92 Å². The van der Waals surface area contributed by atoms with Crippen LogP contribution in [-0.2, 0) is 13.0 Å². The molecule has 0 saturated heterocycles. The molecule has 1 aliphatic rings. The molecule has 0 fully saturated rings. The van der Waals surface area contributed by atoms with Gasteiger partial charge in [0.1, 0.15) is 22.4 Å². The summed E-state index contributed by atoms with van der Waals surface area (Å²) in [5.74, 6) is 1.13. The number of aromatic nitrogens is 1. The number of hydrogen-bond acceptors (Lipinski definition) is 3. The average molecular weight is 415 g/mol. The van der Waals surface area contributed by atoms with Crippen molar-refractivity contribution in [2.45, 2.75) is 39.7 Å². The molecule has 3 heterocycles. The standard InChI is InChI=1S/C21H21BrNO3/c1-4-14-5-7-23(8-6-14)10-15-11-25-19-13(3)20-16(9-17(15)19)12(2)18(22)21(24)26-20/h5-9,15H,4,10-11H2,1-3H3/q+1. The van der Waals surface area contributed by atoms with Gasteiger partial charge in [-0.3, -0.25) is 0 Å². The molecule has 1 atom stereocenters. The maximum atomic E-state index is 12.0. The van der Waals surface area contributed by atoms with Crippen molar-refractivity contribution in [1.29, 1.82) is 0 Å². The molecule has 1 aromatic carbocycles. The van der Waals surface area contributed by atoms with E-state index in [9.17, 15) is 4.79 Å². The molecule has 0 amide bonds. The van der Waals surface area contributed by atoms with E-state index in [1.165, 1.54) is 11.1 Å². The molecule has 0 spiro atoms. The number of benzene rings is 1. The Morgan fingerprint density at radius 3 is 2.65 bits per heavy atom. The summed E-state index contributed by atoms with van der Waals surface area (Å²) >= 11 is 3.35. The van der Waals surface area contributed by atoms with Crippen molar-refractivity contribution in [1.82, 2.24) is 0 Å². The molecule has 0 radical (unpaired) electrons. The number of aryl methyl sites for hydroxylation is 3. The lowest BCUT2D eigenvalue weighted by atomic mass is 9.95. The first kappa shape index (κ1) is 17.3. The molecule has 134 valence electrons. The van der Waals surface area contributed by atoms with E-state index in [1.807, 2.05) is 13.8 Å². The molecule has 2 aromatic heterocycles. The summed E-state index contributed by atoms with van der Waals surface area (Å²) in [5.41, 5.74) is 4.61. The van der Waals surface area contributed by atoms with Gasteiger partial charge in [0.2, 0.25) is 0 Å². The first-order chi connectivity index (χ1) is 12.5. The van der Waals surface area contributed by atoms with Crippen molar-refractivity contribution >= 4 is 26.9 Å². The van der Waals surface area contributed by atoms with E-state index in [4.69, 9.17) is 9.15 Å². The second-order valence-electron chi connectivity index (χ2n) is 6.89. The van der Waals surface area contributed by atoms with Crippen molar-refractivity contribution in [3.8, 4) is 5.75 Å². The Hall–Kier alpha value is -2.14. The topological polar surface area (TPSA) is 43.3 Å². The van der Waals surface area contributed by atoms with Crippen molar-refractivity contribution in [2.24, 2.45) is 0 Å². The van der Waals surface area contributed by atoms with Gasteiger partial charge in [-0.2, -0.15) is 0 Å². The minimum absolute atomic E-state index is 0.274. The van der Waals surface area contributed by atoms with Gasteiger partial charge in [-0.25, -0.2) is 9.36 Å². The highest BCUT2D eigenvalue weighted by atomic mass is 79.9. The Morgan fingerprint density at radius 2 is 1.96 bits per heavy atom. The normalized spacial score (nSPS) is 15.9. The lowest BCUT2D eigenvalue weighted by Crippen LogP contribution is -2.36. The van der Waals surface area contributed by atoms with Gasteiger partial charge in [0.05, 0.1) is 5.92 Å². The fourth-order valence-electron chi connectivity index (χ4n) is 3.65. The highest BCUT2D eigenvalue weighted by Crippen LogP contribution is 2.41. The zero-order valence-corrected chi connectivity index (χ0v) is 16.7. The Morgan fingerprint density at radius 1 is 1.23 bits per heavy atom. The van der Waals surface area contributed by atoms with Crippen LogP contribution in [0.15, 0.2) is 44.3 Å². The predicted octanol–water partition coefficient (Wildman–Crippen LogP) is 4.20. The summed E-state index contributed by atoms with van der Waals surface area (Å²) in [4.78, 5) is 12.0. The van der Waals surface area contributed by atoms with Crippen LogP contribution < -0.4 is 14.9 Å². The smallest absolute Gasteiger partial charge is 0.350 e. The minimum atomic E-state index is -0.348. The van der Waals surface area contributed by atoms with E-state index in [0.717, 1.165) is 35.2 Å². The summed E-state index contributed by atoms with van der Waals surface area (Å²) in [6.07, 6.45) is 5.30. The fraction of sp³-hybridized carbons (Fsp3) is 0.333. The van der Waals surface area contributed by atoms with Crippen LogP contribution in [0.1, 0.15) is 35.1 Å². The van der Waals surface area contributed by atoms with Gasteiger partial charge in [-0.05, 0) is 53.4 Å². The van der Waals surface area contributed by atoms with E-state index < -0.39 is 0 Å². The van der Waals surface area contributed by atoms with Crippen molar-refractivity contribution in [2.75, 3.05) is 6.61 Å². The molecule has 4 rings (SSSR count). The van der Waals surface area contributed by atoms with Gasteiger partial charge in [0, 0.05) is 28.6 Å². The molecule has 0 saturated carbocycles. The summed E-state index contributed by atoms with van der Waals surface area (Å²) in [5, 5.41) is 0.967. The van der Waals surface area contributed by atoms with Gasteiger partial charge in [-0.15, -0.1) is 0 Å². The highest BCUT2D eigenvalue weighted by molar-refractivity contribution is 9.10. The molecule has 0 bridgehead atoms. The zero-order valence-electron chi connectivity index (χ0n) is 15.1. The molecule has 26 heavy (non-hydrogen) atoms. The Kier molecular flexibility index (Phi) is 4.35. The van der Waals surface area contributed by atoms with Crippen LogP contribution in [0.4, 0.5) is 0 Å². The number of rotatable bonds is 3. The number of halogens is 1. The van der Waals surface area contributed by atoms with Crippen LogP contribution in [0.3, 0.4) is 0 Å². The van der Waals surface area contributed by atoms with Crippen LogP contribution >= 0.6 is 15.9 Å². The number of fused-ring (bicyclic) bond motifs is 2.